The van der Waals surface area contributed by atoms with Crippen molar-refractivity contribution in [1.29, 1.82) is 0 Å². The van der Waals surface area contributed by atoms with Crippen molar-refractivity contribution in [2.75, 3.05) is 11.9 Å². The molecule has 0 fully saturated rings. The molecule has 3 aromatic carbocycles. The second-order valence-electron chi connectivity index (χ2n) is 9.17. The summed E-state index contributed by atoms with van der Waals surface area (Å²) in [7, 11) is 0. The largest absolute Gasteiger partial charge is 0.418 e. The smallest absolute Gasteiger partial charge is 0.314 e. The summed E-state index contributed by atoms with van der Waals surface area (Å²) in [5.74, 6) is -0.502. The number of alkyl halides is 3. The van der Waals surface area contributed by atoms with Gasteiger partial charge in [-0.3, -0.25) is 9.36 Å². The normalized spacial score (nSPS) is 12.4. The van der Waals surface area contributed by atoms with E-state index in [4.69, 9.17) is 16.6 Å². The van der Waals surface area contributed by atoms with Crippen molar-refractivity contribution < 1.29 is 22.4 Å². The summed E-state index contributed by atoms with van der Waals surface area (Å²) in [5.41, 5.74) is -1.20. The molecule has 2 amide bonds. The SMILES string of the molecule is CCCCN(C(=O)Nc1ccccc1C(F)(F)F)C(CC)c1nc2ccccc2c(=O)n1-c1ccc(F)c(Cl)c1. The van der Waals surface area contributed by atoms with Gasteiger partial charge in [0.2, 0.25) is 0 Å². The van der Waals surface area contributed by atoms with Crippen LogP contribution in [0.4, 0.5) is 28.0 Å². The van der Waals surface area contributed by atoms with Crippen LogP contribution < -0.4 is 10.9 Å². The third kappa shape index (κ3) is 5.96. The summed E-state index contributed by atoms with van der Waals surface area (Å²) in [4.78, 5) is 33.5. The average molecular weight is 575 g/mol. The van der Waals surface area contributed by atoms with E-state index in [2.05, 4.69) is 5.32 Å². The average Bonchev–Trinajstić information content (AvgIpc) is 2.92. The number of nitrogens with one attached hydrogen (secondary N) is 1. The highest BCUT2D eigenvalue weighted by atomic mass is 35.5. The Balaban J connectivity index is 1.88. The maximum atomic E-state index is 14.0. The zero-order valence-corrected chi connectivity index (χ0v) is 22.6. The molecular weight excluding hydrogens is 548 g/mol. The lowest BCUT2D eigenvalue weighted by molar-refractivity contribution is -0.136. The zero-order valence-electron chi connectivity index (χ0n) is 21.8. The number of hydrogen-bond acceptors (Lipinski definition) is 3. The summed E-state index contributed by atoms with van der Waals surface area (Å²) in [6.07, 6.45) is -3.15. The first-order valence-corrected chi connectivity index (χ1v) is 13.2. The molecule has 11 heteroatoms. The van der Waals surface area contributed by atoms with E-state index in [0.717, 1.165) is 12.1 Å². The predicted octanol–water partition coefficient (Wildman–Crippen LogP) is 7.98. The Morgan fingerprint density at radius 3 is 2.45 bits per heavy atom. The number of fused-ring (bicyclic) bond motifs is 1. The topological polar surface area (TPSA) is 67.2 Å². The van der Waals surface area contributed by atoms with Gasteiger partial charge in [-0.1, -0.05) is 56.1 Å². The minimum Gasteiger partial charge on any atom is -0.314 e. The fraction of sp³-hybridized carbons (Fsp3) is 0.276. The van der Waals surface area contributed by atoms with Crippen LogP contribution in [-0.4, -0.2) is 27.0 Å². The minimum absolute atomic E-state index is 0.171. The number of urea groups is 1. The van der Waals surface area contributed by atoms with Gasteiger partial charge in [-0.2, -0.15) is 13.2 Å². The monoisotopic (exact) mass is 574 g/mol. The van der Waals surface area contributed by atoms with Gasteiger partial charge in [-0.25, -0.2) is 14.2 Å². The Morgan fingerprint density at radius 1 is 1.07 bits per heavy atom. The Bertz CT molecular complexity index is 1590. The molecule has 0 aliphatic carbocycles. The molecule has 1 atom stereocenters. The van der Waals surface area contributed by atoms with Crippen molar-refractivity contribution >= 4 is 34.2 Å². The number of halogens is 5. The molecule has 6 nitrogen and oxygen atoms in total. The highest BCUT2D eigenvalue weighted by Gasteiger charge is 2.35. The van der Waals surface area contributed by atoms with Crippen LogP contribution >= 0.6 is 11.6 Å². The van der Waals surface area contributed by atoms with Gasteiger partial charge in [0.25, 0.3) is 5.56 Å². The van der Waals surface area contributed by atoms with Crippen molar-refractivity contribution in [3.63, 3.8) is 0 Å². The number of nitrogens with zero attached hydrogens (tertiary/aromatic N) is 3. The lowest BCUT2D eigenvalue weighted by Crippen LogP contribution is -2.41. The molecule has 1 aromatic heterocycles. The summed E-state index contributed by atoms with van der Waals surface area (Å²) in [6, 6.07) is 13.6. The zero-order chi connectivity index (χ0) is 29.0. The number of anilines is 1. The van der Waals surface area contributed by atoms with Gasteiger partial charge in [0.1, 0.15) is 11.6 Å². The lowest BCUT2D eigenvalue weighted by Gasteiger charge is -2.32. The minimum atomic E-state index is -4.68. The molecule has 40 heavy (non-hydrogen) atoms. The van der Waals surface area contributed by atoms with Crippen molar-refractivity contribution in [2.24, 2.45) is 0 Å². The van der Waals surface area contributed by atoms with Crippen molar-refractivity contribution in [1.82, 2.24) is 14.5 Å². The van der Waals surface area contributed by atoms with Crippen LogP contribution in [0.3, 0.4) is 0 Å². The molecule has 0 saturated carbocycles. The summed E-state index contributed by atoms with van der Waals surface area (Å²) in [5, 5.41) is 2.51. The second kappa shape index (κ2) is 12.1. The second-order valence-corrected chi connectivity index (χ2v) is 9.58. The Hall–Kier alpha value is -3.92. The molecule has 4 rings (SSSR count). The Labute approximate surface area is 233 Å². The van der Waals surface area contributed by atoms with E-state index < -0.39 is 35.2 Å². The molecule has 0 spiro atoms. The van der Waals surface area contributed by atoms with Gasteiger partial charge in [0.05, 0.1) is 38.9 Å². The first kappa shape index (κ1) is 29.1. The van der Waals surface area contributed by atoms with Crippen molar-refractivity contribution in [3.05, 3.63) is 99.3 Å². The van der Waals surface area contributed by atoms with Crippen LogP contribution in [0.25, 0.3) is 16.6 Å². The summed E-state index contributed by atoms with van der Waals surface area (Å²) < 4.78 is 56.2. The Kier molecular flexibility index (Phi) is 8.78. The van der Waals surface area contributed by atoms with E-state index in [1.807, 2.05) is 6.92 Å². The maximum absolute atomic E-state index is 14.0. The van der Waals surface area contributed by atoms with E-state index >= 15 is 0 Å². The van der Waals surface area contributed by atoms with Crippen LogP contribution in [0.2, 0.25) is 5.02 Å². The number of unbranched alkanes of at least 4 members (excludes halogenated alkanes) is 1. The van der Waals surface area contributed by atoms with Crippen LogP contribution in [0.1, 0.15) is 50.5 Å². The van der Waals surface area contributed by atoms with Gasteiger partial charge in [0.15, 0.2) is 0 Å². The lowest BCUT2D eigenvalue weighted by atomic mass is 10.1. The molecule has 1 unspecified atom stereocenters. The van der Waals surface area contributed by atoms with E-state index in [0.29, 0.717) is 23.7 Å². The maximum Gasteiger partial charge on any atom is 0.418 e. The van der Waals surface area contributed by atoms with Gasteiger partial charge < -0.3 is 10.2 Å². The number of aromatic nitrogens is 2. The fourth-order valence-corrected chi connectivity index (χ4v) is 4.72. The number of rotatable bonds is 8. The van der Waals surface area contributed by atoms with Crippen molar-refractivity contribution in [3.8, 4) is 5.69 Å². The quantitative estimate of drug-likeness (QED) is 0.217. The fourth-order valence-electron chi connectivity index (χ4n) is 4.54. The van der Waals surface area contributed by atoms with Gasteiger partial charge in [-0.05, 0) is 55.3 Å². The molecule has 210 valence electrons. The number of amides is 2. The standard InChI is InChI=1S/C29H27ClF4N4O2/c1-3-5-16-37(28(40)36-24-13-9-7-11-20(24)29(32,33)34)25(4-2)26-35-23-12-8-6-10-19(23)27(39)38(26)18-14-15-22(31)21(30)17-18/h6-15,17,25H,3-5,16H2,1-2H3,(H,36,40). The molecule has 0 radical (unpaired) electrons. The van der Waals surface area contributed by atoms with Crippen molar-refractivity contribution in [2.45, 2.75) is 45.3 Å². The first-order valence-electron chi connectivity index (χ1n) is 12.8. The third-order valence-electron chi connectivity index (χ3n) is 6.51. The molecule has 1 N–H and O–H groups in total. The van der Waals surface area contributed by atoms with E-state index in [-0.39, 0.29) is 35.2 Å². The molecule has 4 aromatic rings. The van der Waals surface area contributed by atoms with Gasteiger partial charge >= 0.3 is 12.2 Å². The molecular formula is C29H27ClF4N4O2. The molecule has 0 aliphatic rings. The van der Waals surface area contributed by atoms with E-state index in [1.54, 1.807) is 31.2 Å². The number of para-hydroxylation sites is 2. The number of carbonyl (C=O) groups excluding carboxylic acids is 1. The van der Waals surface area contributed by atoms with Crippen LogP contribution in [-0.2, 0) is 6.18 Å². The summed E-state index contributed by atoms with van der Waals surface area (Å²) in [6.45, 7) is 3.88. The number of benzene rings is 3. The van der Waals surface area contributed by atoms with E-state index in [9.17, 15) is 27.2 Å². The molecule has 0 aliphatic heterocycles. The Morgan fingerprint density at radius 2 is 1.77 bits per heavy atom. The molecule has 1 heterocycles. The number of hydrogen-bond donors (Lipinski definition) is 1. The van der Waals surface area contributed by atoms with Gasteiger partial charge in [-0.15, -0.1) is 0 Å². The van der Waals surface area contributed by atoms with E-state index in [1.165, 1.54) is 39.8 Å². The van der Waals surface area contributed by atoms with Crippen LogP contribution in [0.5, 0.6) is 0 Å². The molecule has 0 bridgehead atoms. The number of carbonyl (C=O) groups is 1. The first-order chi connectivity index (χ1) is 19.1. The van der Waals surface area contributed by atoms with Gasteiger partial charge in [0, 0.05) is 6.54 Å². The highest BCUT2D eigenvalue weighted by molar-refractivity contribution is 6.30. The highest BCUT2D eigenvalue weighted by Crippen LogP contribution is 2.35. The summed E-state index contributed by atoms with van der Waals surface area (Å²) >= 11 is 6.05. The van der Waals surface area contributed by atoms with Crippen LogP contribution in [0.15, 0.2) is 71.5 Å². The third-order valence-corrected chi connectivity index (χ3v) is 6.80. The predicted molar refractivity (Wildman–Crippen MR) is 147 cm³/mol. The molecule has 0 saturated heterocycles. The van der Waals surface area contributed by atoms with Crippen LogP contribution in [0, 0.1) is 5.82 Å².